The van der Waals surface area contributed by atoms with Crippen molar-refractivity contribution in [2.24, 2.45) is 0 Å². The molecule has 0 heterocycles. The van der Waals surface area contributed by atoms with Crippen LogP contribution in [0.4, 0.5) is 0 Å². The molecule has 0 heteroatoms. The van der Waals surface area contributed by atoms with Crippen molar-refractivity contribution in [1.82, 2.24) is 0 Å². The van der Waals surface area contributed by atoms with Crippen LogP contribution in [-0.4, -0.2) is 0 Å². The number of aryl methyl sites for hydroxylation is 2. The number of rotatable bonds is 1. The van der Waals surface area contributed by atoms with Crippen molar-refractivity contribution in [2.75, 3.05) is 0 Å². The maximum atomic E-state index is 3.27. The summed E-state index contributed by atoms with van der Waals surface area (Å²) in [6.45, 7) is 4.18. The Morgan fingerprint density at radius 1 is 0.786 bits per heavy atom. The van der Waals surface area contributed by atoms with E-state index in [1.165, 1.54) is 16.7 Å². The molecule has 0 spiro atoms. The third-order valence-corrected chi connectivity index (χ3v) is 2.33. The molecule has 0 amide bonds. The van der Waals surface area contributed by atoms with E-state index in [2.05, 4.69) is 56.3 Å². The largest absolute Gasteiger partial charge is 0.0587 e. The number of benzene rings is 2. The fraction of sp³-hybridized carbons (Fsp3) is 0.143. The second-order valence-corrected chi connectivity index (χ2v) is 3.65. The lowest BCUT2D eigenvalue weighted by Crippen LogP contribution is -1.79. The number of hydrogen-bond acceptors (Lipinski definition) is 0. The van der Waals surface area contributed by atoms with Gasteiger partial charge in [0.1, 0.15) is 0 Å². The van der Waals surface area contributed by atoms with Gasteiger partial charge in [0.05, 0.1) is 0 Å². The third kappa shape index (κ3) is 1.85. The van der Waals surface area contributed by atoms with Crippen molar-refractivity contribution < 1.29 is 0 Å². The van der Waals surface area contributed by atoms with Gasteiger partial charge in [0.15, 0.2) is 0 Å². The van der Waals surface area contributed by atoms with E-state index in [0.29, 0.717) is 0 Å². The minimum Gasteiger partial charge on any atom is -0.0587 e. The van der Waals surface area contributed by atoms with Crippen LogP contribution in [0, 0.1) is 19.9 Å². The molecule has 0 atom stereocenters. The van der Waals surface area contributed by atoms with Gasteiger partial charge in [0.2, 0.25) is 0 Å². The van der Waals surface area contributed by atoms with E-state index in [-0.39, 0.29) is 0 Å². The maximum absolute atomic E-state index is 3.27. The molecule has 0 fully saturated rings. The Kier molecular flexibility index (Phi) is 2.36. The third-order valence-electron chi connectivity index (χ3n) is 2.33. The van der Waals surface area contributed by atoms with E-state index >= 15 is 0 Å². The first kappa shape index (κ1) is 9.01. The minimum atomic E-state index is 1.16. The van der Waals surface area contributed by atoms with Crippen LogP contribution in [0.5, 0.6) is 0 Å². The highest BCUT2D eigenvalue weighted by atomic mass is 14.0. The quantitative estimate of drug-likeness (QED) is 0.628. The van der Waals surface area contributed by atoms with E-state index < -0.39 is 0 Å². The Bertz CT molecular complexity index is 363. The van der Waals surface area contributed by atoms with E-state index in [1.807, 2.05) is 6.07 Å². The molecule has 0 aliphatic carbocycles. The maximum Gasteiger partial charge on any atom is -0.00964 e. The van der Waals surface area contributed by atoms with Crippen LogP contribution in [0.3, 0.4) is 0 Å². The molecule has 2 aromatic carbocycles. The highest BCUT2D eigenvalue weighted by Crippen LogP contribution is 2.19. The topological polar surface area (TPSA) is 0 Å². The van der Waals surface area contributed by atoms with Crippen LogP contribution < -0.4 is 0 Å². The van der Waals surface area contributed by atoms with Gasteiger partial charge in [0, 0.05) is 0 Å². The summed E-state index contributed by atoms with van der Waals surface area (Å²) in [5, 5.41) is 0. The first-order valence-corrected chi connectivity index (χ1v) is 4.81. The van der Waals surface area contributed by atoms with Gasteiger partial charge in [-0.25, -0.2) is 0 Å². The molecule has 0 bridgehead atoms. The van der Waals surface area contributed by atoms with E-state index in [9.17, 15) is 0 Å². The molecule has 0 N–H and O–H groups in total. The summed E-state index contributed by atoms with van der Waals surface area (Å²) in [7, 11) is 0. The zero-order valence-electron chi connectivity index (χ0n) is 8.54. The Morgan fingerprint density at radius 3 is 2.00 bits per heavy atom. The normalized spacial score (nSPS) is 10.1. The van der Waals surface area contributed by atoms with Crippen molar-refractivity contribution in [3.63, 3.8) is 0 Å². The molecule has 0 aliphatic rings. The molecule has 0 nitrogen and oxygen atoms in total. The van der Waals surface area contributed by atoms with Crippen LogP contribution in [0.2, 0.25) is 0 Å². The predicted octanol–water partition coefficient (Wildman–Crippen LogP) is 3.77. The lowest BCUT2D eigenvalue weighted by Gasteiger charge is -2.01. The zero-order chi connectivity index (χ0) is 9.97. The lowest BCUT2D eigenvalue weighted by molar-refractivity contribution is 1.44. The van der Waals surface area contributed by atoms with Crippen LogP contribution in [0.1, 0.15) is 11.1 Å². The van der Waals surface area contributed by atoms with Crippen LogP contribution in [0.25, 0.3) is 11.1 Å². The van der Waals surface area contributed by atoms with Gasteiger partial charge in [-0.3, -0.25) is 0 Å². The fourth-order valence-corrected chi connectivity index (χ4v) is 1.42. The van der Waals surface area contributed by atoms with Gasteiger partial charge >= 0.3 is 0 Å². The summed E-state index contributed by atoms with van der Waals surface area (Å²) in [6, 6.07) is 18.1. The number of hydrogen-bond donors (Lipinski definition) is 0. The van der Waals surface area contributed by atoms with E-state index in [0.717, 1.165) is 5.56 Å². The zero-order valence-corrected chi connectivity index (χ0v) is 8.54. The highest BCUT2D eigenvalue weighted by Gasteiger charge is 1.96. The molecule has 0 aromatic heterocycles. The summed E-state index contributed by atoms with van der Waals surface area (Å²) in [4.78, 5) is 0. The molecule has 0 saturated carbocycles. The monoisotopic (exact) mass is 181 g/mol. The molecule has 2 aromatic rings. The van der Waals surface area contributed by atoms with E-state index in [1.54, 1.807) is 0 Å². The minimum absolute atomic E-state index is 1.16. The van der Waals surface area contributed by atoms with Crippen molar-refractivity contribution in [2.45, 2.75) is 13.8 Å². The predicted molar refractivity (Wildman–Crippen MR) is 60.2 cm³/mol. The molecular formula is C14H13. The van der Waals surface area contributed by atoms with Gasteiger partial charge in [-0.05, 0) is 31.0 Å². The Balaban J connectivity index is 2.40. The molecule has 2 rings (SSSR count). The van der Waals surface area contributed by atoms with Crippen molar-refractivity contribution >= 4 is 0 Å². The SMILES string of the molecule is Cc1c[c]c(-c2ccc(C)cc2)cc1. The van der Waals surface area contributed by atoms with Gasteiger partial charge in [0.25, 0.3) is 0 Å². The molecule has 0 aliphatic heterocycles. The molecule has 0 unspecified atom stereocenters. The Hall–Kier alpha value is -1.56. The first-order valence-electron chi connectivity index (χ1n) is 4.81. The molecular weight excluding hydrogens is 168 g/mol. The van der Waals surface area contributed by atoms with Gasteiger partial charge < -0.3 is 0 Å². The highest BCUT2D eigenvalue weighted by molar-refractivity contribution is 5.63. The summed E-state index contributed by atoms with van der Waals surface area (Å²) >= 11 is 0. The standard InChI is InChI=1S/C14H13/c1-11-3-7-13(8-4-11)14-9-5-12(2)6-10-14/h3-9H,1-2H3. The van der Waals surface area contributed by atoms with Gasteiger partial charge in [-0.15, -0.1) is 0 Å². The Labute approximate surface area is 85.2 Å². The summed E-state index contributed by atoms with van der Waals surface area (Å²) < 4.78 is 0. The molecule has 0 saturated heterocycles. The fourth-order valence-electron chi connectivity index (χ4n) is 1.42. The lowest BCUT2D eigenvalue weighted by atomic mass is 10.0. The van der Waals surface area contributed by atoms with Crippen molar-refractivity contribution in [3.05, 3.63) is 59.7 Å². The summed E-state index contributed by atoms with van der Waals surface area (Å²) in [6.07, 6.45) is 0. The average molecular weight is 181 g/mol. The second kappa shape index (κ2) is 3.67. The second-order valence-electron chi connectivity index (χ2n) is 3.65. The molecule has 69 valence electrons. The average Bonchev–Trinajstić information content (AvgIpc) is 2.21. The van der Waals surface area contributed by atoms with E-state index in [4.69, 9.17) is 0 Å². The van der Waals surface area contributed by atoms with Crippen LogP contribution >= 0.6 is 0 Å². The van der Waals surface area contributed by atoms with Crippen LogP contribution in [0.15, 0.2) is 42.5 Å². The van der Waals surface area contributed by atoms with Crippen molar-refractivity contribution in [1.29, 1.82) is 0 Å². The Morgan fingerprint density at radius 2 is 1.43 bits per heavy atom. The first-order chi connectivity index (χ1) is 6.75. The van der Waals surface area contributed by atoms with Gasteiger partial charge in [-0.1, -0.05) is 53.6 Å². The summed E-state index contributed by atoms with van der Waals surface area (Å²) in [5.41, 5.74) is 4.94. The molecule has 1 radical (unpaired) electrons. The summed E-state index contributed by atoms with van der Waals surface area (Å²) in [5.74, 6) is 0. The molecule has 14 heavy (non-hydrogen) atoms. The van der Waals surface area contributed by atoms with Gasteiger partial charge in [-0.2, -0.15) is 0 Å². The smallest absolute Gasteiger partial charge is 0.00964 e. The van der Waals surface area contributed by atoms with Crippen molar-refractivity contribution in [3.8, 4) is 11.1 Å². The van der Waals surface area contributed by atoms with Crippen LogP contribution in [-0.2, 0) is 0 Å².